The molecule has 31 heavy (non-hydrogen) atoms. The minimum atomic E-state index is -0.377. The Morgan fingerprint density at radius 1 is 1.29 bits per heavy atom. The predicted molar refractivity (Wildman–Crippen MR) is 121 cm³/mol. The Kier molecular flexibility index (Phi) is 6.64. The molecule has 0 N–H and O–H groups in total. The number of fused-ring (bicyclic) bond motifs is 1. The number of esters is 1. The zero-order chi connectivity index (χ0) is 22.1. The van der Waals surface area contributed by atoms with Gasteiger partial charge < -0.3 is 13.9 Å². The average molecular weight is 430 g/mol. The molecule has 1 saturated heterocycles. The Labute approximate surface area is 187 Å². The van der Waals surface area contributed by atoms with Gasteiger partial charge in [0.25, 0.3) is 0 Å². The van der Waals surface area contributed by atoms with Gasteiger partial charge in [-0.25, -0.2) is 0 Å². The summed E-state index contributed by atoms with van der Waals surface area (Å²) in [6, 6.07) is 2.14. The Morgan fingerprint density at radius 2 is 2.06 bits per heavy atom. The summed E-state index contributed by atoms with van der Waals surface area (Å²) in [4.78, 5) is 15.2. The van der Waals surface area contributed by atoms with Crippen LogP contribution < -0.4 is 0 Å². The maximum absolute atomic E-state index is 12.8. The molecular weight excluding hydrogens is 390 g/mol. The van der Waals surface area contributed by atoms with Crippen LogP contribution in [0.5, 0.6) is 0 Å². The van der Waals surface area contributed by atoms with E-state index >= 15 is 0 Å². The first-order valence-corrected chi connectivity index (χ1v) is 12.0. The normalized spacial score (nSPS) is 34.4. The van der Waals surface area contributed by atoms with Gasteiger partial charge in [0.15, 0.2) is 0 Å². The van der Waals surface area contributed by atoms with Gasteiger partial charge in [-0.3, -0.25) is 9.69 Å². The van der Waals surface area contributed by atoms with E-state index in [2.05, 4.69) is 31.4 Å². The van der Waals surface area contributed by atoms with Gasteiger partial charge >= 0.3 is 5.97 Å². The number of furan rings is 1. The van der Waals surface area contributed by atoms with Crippen molar-refractivity contribution in [3.05, 3.63) is 35.8 Å². The molecule has 2 heterocycles. The second-order valence-corrected chi connectivity index (χ2v) is 10.4. The molecule has 2 aliphatic carbocycles. The SMILES string of the molecule is C=C1CCC2C(C)(C(=O)OC)CCC[C@]2(C)[C@H]1CCc1ccoc1CN1CCOCC1. The lowest BCUT2D eigenvalue weighted by Crippen LogP contribution is -2.53. The number of allylic oxidation sites excluding steroid dienone is 1. The summed E-state index contributed by atoms with van der Waals surface area (Å²) in [5.74, 6) is 1.85. The number of carbonyl (C=O) groups excluding carboxylic acids is 1. The van der Waals surface area contributed by atoms with Crippen LogP contribution in [0.2, 0.25) is 0 Å². The van der Waals surface area contributed by atoms with Crippen molar-refractivity contribution in [1.82, 2.24) is 4.90 Å². The van der Waals surface area contributed by atoms with Crippen molar-refractivity contribution in [2.75, 3.05) is 33.4 Å². The molecule has 4 atom stereocenters. The van der Waals surface area contributed by atoms with Crippen molar-refractivity contribution in [3.63, 3.8) is 0 Å². The zero-order valence-corrected chi connectivity index (χ0v) is 19.6. The Balaban J connectivity index is 1.49. The lowest BCUT2D eigenvalue weighted by Gasteiger charge is -2.57. The van der Waals surface area contributed by atoms with Crippen LogP contribution in [0.3, 0.4) is 0 Å². The quantitative estimate of drug-likeness (QED) is 0.471. The smallest absolute Gasteiger partial charge is 0.311 e. The Morgan fingerprint density at radius 3 is 2.81 bits per heavy atom. The average Bonchev–Trinajstić information content (AvgIpc) is 3.20. The number of nitrogens with zero attached hydrogens (tertiary/aromatic N) is 1. The van der Waals surface area contributed by atoms with E-state index in [1.165, 1.54) is 24.7 Å². The lowest BCUT2D eigenvalue weighted by molar-refractivity contribution is -0.168. The van der Waals surface area contributed by atoms with Crippen LogP contribution in [0.1, 0.15) is 63.7 Å². The highest BCUT2D eigenvalue weighted by molar-refractivity contribution is 5.77. The van der Waals surface area contributed by atoms with Crippen LogP contribution in [-0.4, -0.2) is 44.3 Å². The molecule has 2 saturated carbocycles. The lowest BCUT2D eigenvalue weighted by atomic mass is 9.46. The number of carbonyl (C=O) groups is 1. The molecule has 3 aliphatic rings. The number of ether oxygens (including phenoxy) is 2. The van der Waals surface area contributed by atoms with Gasteiger partial charge in [0.05, 0.1) is 38.5 Å². The van der Waals surface area contributed by atoms with Gasteiger partial charge in [0, 0.05) is 13.1 Å². The molecule has 2 unspecified atom stereocenters. The standard InChI is InChI=1S/C26H39NO4/c1-19-6-9-23-25(2,11-5-12-26(23,3)24(28)29-4)21(19)8-7-20-10-15-31-22(20)18-27-13-16-30-17-14-27/h10,15,21,23H,1,5-9,11-14,16-18H2,2-4H3/t21-,23?,25+,26?/m0/s1. The van der Waals surface area contributed by atoms with E-state index in [0.717, 1.165) is 77.1 Å². The highest BCUT2D eigenvalue weighted by Gasteiger charge is 2.57. The van der Waals surface area contributed by atoms with Crippen LogP contribution in [0.25, 0.3) is 0 Å². The number of morpholine rings is 1. The molecule has 172 valence electrons. The molecule has 0 bridgehead atoms. The van der Waals surface area contributed by atoms with Crippen LogP contribution in [0, 0.1) is 22.7 Å². The van der Waals surface area contributed by atoms with E-state index in [-0.39, 0.29) is 16.8 Å². The zero-order valence-electron chi connectivity index (χ0n) is 19.6. The summed E-state index contributed by atoms with van der Waals surface area (Å²) in [5.41, 5.74) is 2.41. The molecule has 0 radical (unpaired) electrons. The predicted octanol–water partition coefficient (Wildman–Crippen LogP) is 5.00. The van der Waals surface area contributed by atoms with Gasteiger partial charge in [-0.05, 0) is 74.3 Å². The van der Waals surface area contributed by atoms with Gasteiger partial charge in [0.2, 0.25) is 0 Å². The minimum absolute atomic E-state index is 0.0303. The highest BCUT2D eigenvalue weighted by Crippen LogP contribution is 2.62. The first kappa shape index (κ1) is 22.6. The summed E-state index contributed by atoms with van der Waals surface area (Å²) < 4.78 is 16.6. The molecule has 5 heteroatoms. The van der Waals surface area contributed by atoms with Crippen molar-refractivity contribution in [3.8, 4) is 0 Å². The molecular formula is C26H39NO4. The van der Waals surface area contributed by atoms with E-state index in [4.69, 9.17) is 13.9 Å². The van der Waals surface area contributed by atoms with Gasteiger partial charge in [-0.1, -0.05) is 25.5 Å². The molecule has 0 spiro atoms. The molecule has 1 aliphatic heterocycles. The Hall–Kier alpha value is -1.59. The summed E-state index contributed by atoms with van der Waals surface area (Å²) in [6.07, 6.45) is 9.14. The van der Waals surface area contributed by atoms with Crippen molar-refractivity contribution >= 4 is 5.97 Å². The second kappa shape index (κ2) is 9.11. The number of aryl methyl sites for hydroxylation is 1. The fraction of sp³-hybridized carbons (Fsp3) is 0.731. The van der Waals surface area contributed by atoms with Crippen molar-refractivity contribution in [2.24, 2.45) is 22.7 Å². The third-order valence-corrected chi connectivity index (χ3v) is 8.68. The molecule has 1 aromatic rings. The maximum Gasteiger partial charge on any atom is 0.311 e. The molecule has 4 rings (SSSR count). The number of rotatable bonds is 6. The third kappa shape index (κ3) is 4.23. The maximum atomic E-state index is 12.8. The summed E-state index contributed by atoms with van der Waals surface area (Å²) in [5, 5.41) is 0. The summed E-state index contributed by atoms with van der Waals surface area (Å²) >= 11 is 0. The van der Waals surface area contributed by atoms with Crippen molar-refractivity contribution < 1.29 is 18.7 Å². The minimum Gasteiger partial charge on any atom is -0.469 e. The van der Waals surface area contributed by atoms with Crippen molar-refractivity contribution in [2.45, 2.75) is 65.3 Å². The molecule has 1 aromatic heterocycles. The number of hydrogen-bond acceptors (Lipinski definition) is 5. The highest BCUT2D eigenvalue weighted by atomic mass is 16.5. The van der Waals surface area contributed by atoms with E-state index in [1.54, 1.807) is 0 Å². The molecule has 0 aromatic carbocycles. The third-order valence-electron chi connectivity index (χ3n) is 8.68. The fourth-order valence-corrected chi connectivity index (χ4v) is 6.95. The van der Waals surface area contributed by atoms with Crippen LogP contribution in [-0.2, 0) is 27.2 Å². The van der Waals surface area contributed by atoms with Crippen LogP contribution >= 0.6 is 0 Å². The second-order valence-electron chi connectivity index (χ2n) is 10.4. The largest absolute Gasteiger partial charge is 0.469 e. The Bertz CT molecular complexity index is 795. The van der Waals surface area contributed by atoms with Crippen LogP contribution in [0.4, 0.5) is 0 Å². The summed E-state index contributed by atoms with van der Waals surface area (Å²) in [7, 11) is 1.54. The van der Waals surface area contributed by atoms with E-state index in [0.29, 0.717) is 11.8 Å². The van der Waals surface area contributed by atoms with Gasteiger partial charge in [-0.2, -0.15) is 0 Å². The van der Waals surface area contributed by atoms with E-state index in [9.17, 15) is 4.79 Å². The number of hydrogen-bond donors (Lipinski definition) is 0. The first-order chi connectivity index (χ1) is 14.9. The first-order valence-electron chi connectivity index (χ1n) is 12.0. The van der Waals surface area contributed by atoms with E-state index in [1.807, 2.05) is 6.26 Å². The summed E-state index contributed by atoms with van der Waals surface area (Å²) in [6.45, 7) is 13.4. The van der Waals surface area contributed by atoms with E-state index < -0.39 is 0 Å². The van der Waals surface area contributed by atoms with Crippen molar-refractivity contribution in [1.29, 1.82) is 0 Å². The molecule has 5 nitrogen and oxygen atoms in total. The number of methoxy groups -OCH3 is 1. The molecule has 0 amide bonds. The van der Waals surface area contributed by atoms with Gasteiger partial charge in [-0.15, -0.1) is 0 Å². The molecule has 3 fully saturated rings. The van der Waals surface area contributed by atoms with Crippen LogP contribution in [0.15, 0.2) is 28.9 Å². The monoisotopic (exact) mass is 429 g/mol. The van der Waals surface area contributed by atoms with Gasteiger partial charge in [0.1, 0.15) is 5.76 Å². The topological polar surface area (TPSA) is 51.9 Å². The fourth-order valence-electron chi connectivity index (χ4n) is 6.95.